The monoisotopic (exact) mass is 456 g/mol. The van der Waals surface area contributed by atoms with Crippen LogP contribution >= 0.6 is 0 Å². The van der Waals surface area contributed by atoms with Crippen LogP contribution in [0.1, 0.15) is 85.0 Å². The molecular formula is C27H44N4O2. The summed E-state index contributed by atoms with van der Waals surface area (Å²) in [5, 5.41) is 30.2. The lowest BCUT2D eigenvalue weighted by molar-refractivity contribution is -0.207. The SMILES string of the molecule is CCC(/C=N/NC1=NCCN1)=C\[C@H]1CC[C@]2(O)[C@@H]3CC[C@@H]4C[C@@H](O)CC[C@]4(C)[C@H]3CC[C@]12C. The number of fused-ring (bicyclic) bond motifs is 5. The molecule has 0 amide bonds. The Morgan fingerprint density at radius 2 is 2.00 bits per heavy atom. The molecule has 0 radical (unpaired) electrons. The average molecular weight is 457 g/mol. The molecule has 0 saturated heterocycles. The third kappa shape index (κ3) is 3.76. The topological polar surface area (TPSA) is 89.2 Å². The Hall–Kier alpha value is -1.40. The van der Waals surface area contributed by atoms with Gasteiger partial charge in [0.05, 0.1) is 24.5 Å². The van der Waals surface area contributed by atoms with Gasteiger partial charge in [0.1, 0.15) is 0 Å². The van der Waals surface area contributed by atoms with Gasteiger partial charge in [-0.3, -0.25) is 0 Å². The Morgan fingerprint density at radius 3 is 2.76 bits per heavy atom. The minimum Gasteiger partial charge on any atom is -0.393 e. The minimum atomic E-state index is -0.572. The van der Waals surface area contributed by atoms with Crippen molar-refractivity contribution in [1.82, 2.24) is 10.7 Å². The number of allylic oxidation sites excluding steroid dienone is 2. The van der Waals surface area contributed by atoms with Gasteiger partial charge in [-0.15, -0.1) is 0 Å². The molecule has 8 atom stereocenters. The van der Waals surface area contributed by atoms with Gasteiger partial charge in [0.2, 0.25) is 5.96 Å². The van der Waals surface area contributed by atoms with E-state index >= 15 is 0 Å². The van der Waals surface area contributed by atoms with E-state index in [-0.39, 0.29) is 16.9 Å². The van der Waals surface area contributed by atoms with E-state index in [0.29, 0.717) is 23.7 Å². The van der Waals surface area contributed by atoms with Crippen LogP contribution < -0.4 is 10.7 Å². The fourth-order valence-electron chi connectivity index (χ4n) is 8.67. The number of guanidine groups is 1. The van der Waals surface area contributed by atoms with Gasteiger partial charge < -0.3 is 15.5 Å². The van der Waals surface area contributed by atoms with Crippen molar-refractivity contribution in [3.63, 3.8) is 0 Å². The van der Waals surface area contributed by atoms with Gasteiger partial charge in [-0.1, -0.05) is 26.8 Å². The second-order valence-electron chi connectivity index (χ2n) is 12.1. The fraction of sp³-hybridized carbons (Fsp3) is 0.852. The zero-order valence-electron chi connectivity index (χ0n) is 20.8. The van der Waals surface area contributed by atoms with Crippen molar-refractivity contribution in [3.05, 3.63) is 11.6 Å². The van der Waals surface area contributed by atoms with Crippen LogP contribution in [0.2, 0.25) is 0 Å². The fourth-order valence-corrected chi connectivity index (χ4v) is 8.67. The predicted octanol–water partition coefficient (Wildman–Crippen LogP) is 3.99. The van der Waals surface area contributed by atoms with E-state index in [2.05, 4.69) is 47.7 Å². The normalized spacial score (nSPS) is 47.5. The molecule has 5 rings (SSSR count). The van der Waals surface area contributed by atoms with Crippen LogP contribution in [0.15, 0.2) is 21.7 Å². The molecule has 33 heavy (non-hydrogen) atoms. The van der Waals surface area contributed by atoms with Gasteiger partial charge in [0.15, 0.2) is 0 Å². The molecule has 4 fully saturated rings. The molecule has 5 aliphatic rings. The number of rotatable bonds is 4. The van der Waals surface area contributed by atoms with Crippen LogP contribution in [0, 0.1) is 34.5 Å². The van der Waals surface area contributed by atoms with Crippen molar-refractivity contribution in [2.45, 2.75) is 96.7 Å². The molecule has 184 valence electrons. The largest absolute Gasteiger partial charge is 0.393 e. The molecule has 6 heteroatoms. The number of aliphatic hydroxyl groups is 2. The summed E-state index contributed by atoms with van der Waals surface area (Å²) in [5.74, 6) is 2.77. The zero-order chi connectivity index (χ0) is 23.3. The Kier molecular flexibility index (Phi) is 6.14. The second-order valence-corrected chi connectivity index (χ2v) is 12.1. The van der Waals surface area contributed by atoms with Crippen molar-refractivity contribution in [2.24, 2.45) is 44.6 Å². The van der Waals surface area contributed by atoms with Crippen molar-refractivity contribution >= 4 is 12.2 Å². The van der Waals surface area contributed by atoms with E-state index in [1.807, 2.05) is 6.21 Å². The number of hydrogen-bond acceptors (Lipinski definition) is 6. The van der Waals surface area contributed by atoms with Crippen LogP contribution in [0.25, 0.3) is 0 Å². The molecule has 0 aromatic heterocycles. The molecule has 1 heterocycles. The summed E-state index contributed by atoms with van der Waals surface area (Å²) in [6.45, 7) is 8.71. The molecule has 4 saturated carbocycles. The summed E-state index contributed by atoms with van der Waals surface area (Å²) in [6, 6.07) is 0. The first kappa shape index (κ1) is 23.3. The maximum absolute atomic E-state index is 12.3. The summed E-state index contributed by atoms with van der Waals surface area (Å²) in [5.41, 5.74) is 3.90. The van der Waals surface area contributed by atoms with Crippen LogP contribution in [-0.2, 0) is 0 Å². The highest BCUT2D eigenvalue weighted by Gasteiger charge is 2.66. The van der Waals surface area contributed by atoms with Crippen molar-refractivity contribution in [3.8, 4) is 0 Å². The third-order valence-electron chi connectivity index (χ3n) is 10.8. The van der Waals surface area contributed by atoms with Gasteiger partial charge in [-0.25, -0.2) is 10.4 Å². The van der Waals surface area contributed by atoms with Crippen LogP contribution in [0.4, 0.5) is 0 Å². The van der Waals surface area contributed by atoms with Gasteiger partial charge in [-0.05, 0) is 98.9 Å². The average Bonchev–Trinajstić information content (AvgIpc) is 3.40. The highest BCUT2D eigenvalue weighted by Crippen LogP contribution is 2.69. The van der Waals surface area contributed by atoms with E-state index in [9.17, 15) is 10.2 Å². The Balaban J connectivity index is 1.34. The number of hydrazone groups is 1. The summed E-state index contributed by atoms with van der Waals surface area (Å²) in [7, 11) is 0. The standard InChI is InChI=1S/C27H44N4O2/c1-4-18(17-30-31-24-28-13-14-29-24)15-20-7-12-27(33)23-6-5-19-16-21(32)8-10-25(19,2)22(23)9-11-26(20,27)3/h15,17,19-23,32-33H,4-14,16H2,1-3H3,(H2,28,29,31)/b18-15+,30-17+/t19-,20-,21+,22+,23-,25+,26-,27+/m1/s1. The number of hydrogen-bond donors (Lipinski definition) is 4. The van der Waals surface area contributed by atoms with Gasteiger partial charge in [0.25, 0.3) is 0 Å². The lowest BCUT2D eigenvalue weighted by atomic mass is 9.43. The second kappa shape index (κ2) is 8.67. The first-order valence-electron chi connectivity index (χ1n) is 13.5. The maximum atomic E-state index is 12.3. The quantitative estimate of drug-likeness (QED) is 0.380. The molecule has 4 aliphatic carbocycles. The Labute approximate surface area is 199 Å². The summed E-state index contributed by atoms with van der Waals surface area (Å²) < 4.78 is 0. The molecule has 0 aromatic rings. The number of aliphatic imine (C=N–C) groups is 1. The number of nitrogens with zero attached hydrogens (tertiary/aromatic N) is 2. The van der Waals surface area contributed by atoms with E-state index < -0.39 is 5.60 Å². The van der Waals surface area contributed by atoms with Crippen molar-refractivity contribution in [1.29, 1.82) is 0 Å². The molecule has 0 bridgehead atoms. The first-order chi connectivity index (χ1) is 15.8. The molecule has 0 unspecified atom stereocenters. The Morgan fingerprint density at radius 1 is 1.15 bits per heavy atom. The minimum absolute atomic E-state index is 0.0652. The van der Waals surface area contributed by atoms with E-state index in [1.54, 1.807) is 0 Å². The van der Waals surface area contributed by atoms with E-state index in [1.165, 1.54) is 18.4 Å². The van der Waals surface area contributed by atoms with Gasteiger partial charge >= 0.3 is 0 Å². The summed E-state index contributed by atoms with van der Waals surface area (Å²) in [4.78, 5) is 4.33. The number of nitrogens with one attached hydrogen (secondary N) is 2. The zero-order valence-corrected chi connectivity index (χ0v) is 20.8. The van der Waals surface area contributed by atoms with Crippen LogP contribution in [0.3, 0.4) is 0 Å². The van der Waals surface area contributed by atoms with Gasteiger partial charge in [-0.2, -0.15) is 5.10 Å². The molecule has 0 spiro atoms. The van der Waals surface area contributed by atoms with E-state index in [0.717, 1.165) is 70.4 Å². The Bertz CT molecular complexity index is 840. The van der Waals surface area contributed by atoms with Crippen molar-refractivity contribution in [2.75, 3.05) is 13.1 Å². The van der Waals surface area contributed by atoms with E-state index in [4.69, 9.17) is 0 Å². The summed E-state index contributed by atoms with van der Waals surface area (Å²) in [6.07, 6.45) is 14.8. The van der Waals surface area contributed by atoms with Crippen LogP contribution in [0.5, 0.6) is 0 Å². The maximum Gasteiger partial charge on any atom is 0.212 e. The third-order valence-corrected chi connectivity index (χ3v) is 10.8. The molecule has 1 aliphatic heterocycles. The molecule has 0 aromatic carbocycles. The molecule has 6 nitrogen and oxygen atoms in total. The number of aliphatic hydroxyl groups excluding tert-OH is 1. The highest BCUT2D eigenvalue weighted by atomic mass is 16.3. The first-order valence-corrected chi connectivity index (χ1v) is 13.5. The summed E-state index contributed by atoms with van der Waals surface area (Å²) >= 11 is 0. The highest BCUT2D eigenvalue weighted by molar-refractivity contribution is 5.84. The van der Waals surface area contributed by atoms with Crippen LogP contribution in [-0.4, -0.2) is 47.2 Å². The van der Waals surface area contributed by atoms with Crippen molar-refractivity contribution < 1.29 is 10.2 Å². The molecule has 4 N–H and O–H groups in total. The predicted molar refractivity (Wildman–Crippen MR) is 133 cm³/mol. The van der Waals surface area contributed by atoms with Gasteiger partial charge in [0, 0.05) is 12.0 Å². The molecular weight excluding hydrogens is 412 g/mol. The lowest BCUT2D eigenvalue weighted by Crippen LogP contribution is -2.62. The lowest BCUT2D eigenvalue weighted by Gasteiger charge is -2.63. The smallest absolute Gasteiger partial charge is 0.212 e.